The number of ether oxygens (including phenoxy) is 1. The summed E-state index contributed by atoms with van der Waals surface area (Å²) in [6.07, 6.45) is 5.21. The highest BCUT2D eigenvalue weighted by Crippen LogP contribution is 2.31. The van der Waals surface area contributed by atoms with Crippen molar-refractivity contribution in [3.8, 4) is 17.3 Å². The minimum absolute atomic E-state index is 0.102. The van der Waals surface area contributed by atoms with Crippen molar-refractivity contribution in [2.75, 3.05) is 29.9 Å². The zero-order chi connectivity index (χ0) is 24.6. The zero-order valence-electron chi connectivity index (χ0n) is 20.0. The van der Waals surface area contributed by atoms with E-state index < -0.39 is 6.09 Å². The summed E-state index contributed by atoms with van der Waals surface area (Å²) in [5, 5.41) is 13.4. The predicted molar refractivity (Wildman–Crippen MR) is 134 cm³/mol. The fourth-order valence-electron chi connectivity index (χ4n) is 4.08. The first kappa shape index (κ1) is 23.3. The third kappa shape index (κ3) is 5.45. The van der Waals surface area contributed by atoms with Crippen molar-refractivity contribution in [2.24, 2.45) is 5.41 Å². The standard InChI is InChI=1S/C24H29N7O3S/c1-24(2,3)19-14-30(10-11-31(19)23(32)33)15-4-9-20(26-12-15)27-22-28-21(29-35-22)18-8-7-17(13-25-18)34-16-5-6-16/h4,7-9,12-13,16,19H,5-6,10-11,14H2,1-3H3,(H,32,33)(H,26,27,28,29). The maximum Gasteiger partial charge on any atom is 0.407 e. The van der Waals surface area contributed by atoms with Gasteiger partial charge in [0.05, 0.1) is 30.2 Å². The minimum atomic E-state index is -0.864. The molecular formula is C24H29N7O3S. The highest BCUT2D eigenvalue weighted by molar-refractivity contribution is 7.09. The molecule has 3 aromatic rings. The molecule has 35 heavy (non-hydrogen) atoms. The Morgan fingerprint density at radius 3 is 2.60 bits per heavy atom. The van der Waals surface area contributed by atoms with Crippen LogP contribution in [-0.4, -0.2) is 67.2 Å². The molecular weight excluding hydrogens is 466 g/mol. The van der Waals surface area contributed by atoms with Gasteiger partial charge in [-0.05, 0) is 42.5 Å². The molecule has 0 radical (unpaired) electrons. The number of hydrogen-bond acceptors (Lipinski definition) is 9. The van der Waals surface area contributed by atoms with Gasteiger partial charge in [0.15, 0.2) is 5.82 Å². The van der Waals surface area contributed by atoms with Gasteiger partial charge in [0.1, 0.15) is 17.3 Å². The Balaban J connectivity index is 1.22. The first-order valence-electron chi connectivity index (χ1n) is 11.7. The molecule has 3 aromatic heterocycles. The van der Waals surface area contributed by atoms with E-state index in [2.05, 4.69) is 50.3 Å². The highest BCUT2D eigenvalue weighted by atomic mass is 32.1. The molecule has 2 fully saturated rings. The summed E-state index contributed by atoms with van der Waals surface area (Å²) in [4.78, 5) is 28.9. The molecule has 0 bridgehead atoms. The Morgan fingerprint density at radius 1 is 1.14 bits per heavy atom. The number of anilines is 3. The van der Waals surface area contributed by atoms with E-state index in [0.717, 1.165) is 24.3 Å². The second-order valence-electron chi connectivity index (χ2n) is 9.95. The normalized spacial score (nSPS) is 18.4. The number of aromatic nitrogens is 4. The topological polar surface area (TPSA) is 117 Å². The number of piperazine rings is 1. The second-order valence-corrected chi connectivity index (χ2v) is 10.7. The molecule has 1 amide bonds. The SMILES string of the molecule is CC(C)(C)C1CN(c2ccc(Nc3nc(-c4ccc(OC5CC5)cn4)ns3)nc2)CCN1C(=O)O. The van der Waals surface area contributed by atoms with E-state index >= 15 is 0 Å². The number of amides is 1. The van der Waals surface area contributed by atoms with Crippen LogP contribution in [0.2, 0.25) is 0 Å². The lowest BCUT2D eigenvalue weighted by atomic mass is 9.84. The Labute approximate surface area is 208 Å². The van der Waals surface area contributed by atoms with E-state index in [1.807, 2.05) is 24.3 Å². The van der Waals surface area contributed by atoms with Crippen molar-refractivity contribution in [3.63, 3.8) is 0 Å². The lowest BCUT2D eigenvalue weighted by Gasteiger charge is -2.46. The van der Waals surface area contributed by atoms with Crippen LogP contribution in [0, 0.1) is 5.41 Å². The molecule has 5 rings (SSSR count). The molecule has 11 heteroatoms. The number of rotatable bonds is 6. The Morgan fingerprint density at radius 2 is 1.97 bits per heavy atom. The number of pyridine rings is 2. The maximum absolute atomic E-state index is 11.7. The fraction of sp³-hybridized carbons (Fsp3) is 0.458. The molecule has 2 N–H and O–H groups in total. The minimum Gasteiger partial charge on any atom is -0.489 e. The largest absolute Gasteiger partial charge is 0.489 e. The lowest BCUT2D eigenvalue weighted by molar-refractivity contribution is 0.0748. The quantitative estimate of drug-likeness (QED) is 0.510. The van der Waals surface area contributed by atoms with Gasteiger partial charge in [-0.25, -0.2) is 14.8 Å². The third-order valence-corrected chi connectivity index (χ3v) is 6.82. The summed E-state index contributed by atoms with van der Waals surface area (Å²) in [5.74, 6) is 1.98. The van der Waals surface area contributed by atoms with Crippen LogP contribution in [0.5, 0.6) is 5.75 Å². The van der Waals surface area contributed by atoms with Crippen LogP contribution in [0.15, 0.2) is 36.7 Å². The molecule has 184 valence electrons. The molecule has 1 unspecified atom stereocenters. The summed E-state index contributed by atoms with van der Waals surface area (Å²) < 4.78 is 10.1. The van der Waals surface area contributed by atoms with Crippen LogP contribution >= 0.6 is 11.5 Å². The van der Waals surface area contributed by atoms with E-state index in [1.165, 1.54) is 11.5 Å². The summed E-state index contributed by atoms with van der Waals surface area (Å²) in [7, 11) is 0. The van der Waals surface area contributed by atoms with Crippen LogP contribution in [0.4, 0.5) is 21.4 Å². The molecule has 1 saturated heterocycles. The molecule has 2 aliphatic rings. The van der Waals surface area contributed by atoms with Crippen LogP contribution in [0.3, 0.4) is 0 Å². The molecule has 1 aliphatic carbocycles. The number of nitrogens with zero attached hydrogens (tertiary/aromatic N) is 6. The smallest absolute Gasteiger partial charge is 0.407 e. The summed E-state index contributed by atoms with van der Waals surface area (Å²) >= 11 is 1.25. The van der Waals surface area contributed by atoms with Crippen molar-refractivity contribution in [1.82, 2.24) is 24.2 Å². The zero-order valence-corrected chi connectivity index (χ0v) is 20.8. The Bertz CT molecular complexity index is 1170. The predicted octanol–water partition coefficient (Wildman–Crippen LogP) is 4.49. The molecule has 1 aliphatic heterocycles. The van der Waals surface area contributed by atoms with E-state index in [1.54, 1.807) is 17.3 Å². The number of nitrogens with one attached hydrogen (secondary N) is 1. The number of hydrogen-bond donors (Lipinski definition) is 2. The van der Waals surface area contributed by atoms with E-state index in [4.69, 9.17) is 4.74 Å². The van der Waals surface area contributed by atoms with Gasteiger partial charge < -0.3 is 25.0 Å². The summed E-state index contributed by atoms with van der Waals surface area (Å²) in [6.45, 7) is 7.94. The number of carboxylic acid groups (broad SMARTS) is 1. The highest BCUT2D eigenvalue weighted by Gasteiger charge is 2.38. The fourth-order valence-corrected chi connectivity index (χ4v) is 4.67. The molecule has 0 spiro atoms. The lowest BCUT2D eigenvalue weighted by Crippen LogP contribution is -2.59. The van der Waals surface area contributed by atoms with Crippen LogP contribution < -0.4 is 15.0 Å². The average Bonchev–Trinajstić information content (AvgIpc) is 3.53. The van der Waals surface area contributed by atoms with Crippen LogP contribution in [0.1, 0.15) is 33.6 Å². The molecule has 4 heterocycles. The van der Waals surface area contributed by atoms with Crippen molar-refractivity contribution < 1.29 is 14.6 Å². The molecule has 10 nitrogen and oxygen atoms in total. The molecule has 0 aromatic carbocycles. The first-order valence-corrected chi connectivity index (χ1v) is 12.5. The number of carbonyl (C=O) groups is 1. The second kappa shape index (κ2) is 9.29. The van der Waals surface area contributed by atoms with E-state index in [9.17, 15) is 9.90 Å². The third-order valence-electron chi connectivity index (χ3n) is 6.19. The van der Waals surface area contributed by atoms with Gasteiger partial charge in [-0.15, -0.1) is 0 Å². The van der Waals surface area contributed by atoms with Crippen LogP contribution in [0.25, 0.3) is 11.5 Å². The van der Waals surface area contributed by atoms with Gasteiger partial charge in [0.25, 0.3) is 0 Å². The Kier molecular flexibility index (Phi) is 6.18. The Hall–Kier alpha value is -3.47. The average molecular weight is 496 g/mol. The van der Waals surface area contributed by atoms with E-state index in [0.29, 0.717) is 48.2 Å². The van der Waals surface area contributed by atoms with Gasteiger partial charge in [0, 0.05) is 31.2 Å². The van der Waals surface area contributed by atoms with Crippen molar-refractivity contribution >= 4 is 34.3 Å². The first-order chi connectivity index (χ1) is 16.8. The molecule has 1 atom stereocenters. The summed E-state index contributed by atoms with van der Waals surface area (Å²) in [6, 6.07) is 7.55. The summed E-state index contributed by atoms with van der Waals surface area (Å²) in [5.41, 5.74) is 1.49. The van der Waals surface area contributed by atoms with Gasteiger partial charge in [-0.2, -0.15) is 9.36 Å². The van der Waals surface area contributed by atoms with E-state index in [-0.39, 0.29) is 11.5 Å². The van der Waals surface area contributed by atoms with Crippen molar-refractivity contribution in [1.29, 1.82) is 0 Å². The monoisotopic (exact) mass is 495 g/mol. The van der Waals surface area contributed by atoms with Gasteiger partial charge in [-0.1, -0.05) is 20.8 Å². The van der Waals surface area contributed by atoms with Crippen LogP contribution in [-0.2, 0) is 0 Å². The van der Waals surface area contributed by atoms with Gasteiger partial charge in [0.2, 0.25) is 5.13 Å². The van der Waals surface area contributed by atoms with Gasteiger partial charge >= 0.3 is 6.09 Å². The maximum atomic E-state index is 11.7. The van der Waals surface area contributed by atoms with Crippen molar-refractivity contribution in [2.45, 2.75) is 45.8 Å². The molecule has 1 saturated carbocycles. The van der Waals surface area contributed by atoms with Crippen molar-refractivity contribution in [3.05, 3.63) is 36.7 Å². The van der Waals surface area contributed by atoms with Gasteiger partial charge in [-0.3, -0.25) is 0 Å².